The van der Waals surface area contributed by atoms with Gasteiger partial charge in [0, 0.05) is 39.5 Å². The molecule has 0 radical (unpaired) electrons. The van der Waals surface area contributed by atoms with Crippen LogP contribution in [0.5, 0.6) is 0 Å². The first-order chi connectivity index (χ1) is 19.7. The summed E-state index contributed by atoms with van der Waals surface area (Å²) in [5.41, 5.74) is 1.31. The van der Waals surface area contributed by atoms with Gasteiger partial charge < -0.3 is 14.2 Å². The zero-order valence-corrected chi connectivity index (χ0v) is 27.5. The molecular weight excluding hydrogens is 648 g/mol. The molecule has 4 rings (SSSR count). The normalized spacial score (nSPS) is 11.3. The Hall–Kier alpha value is -2.71. The van der Waals surface area contributed by atoms with Crippen molar-refractivity contribution in [2.75, 3.05) is 0 Å². The Balaban J connectivity index is 0.000000228. The van der Waals surface area contributed by atoms with Crippen LogP contribution in [0.15, 0.2) is 73.4 Å². The molecule has 0 unspecified atom stereocenters. The Morgan fingerprint density at radius 2 is 1.20 bits per heavy atom. The van der Waals surface area contributed by atoms with Crippen LogP contribution < -0.4 is 10.9 Å². The van der Waals surface area contributed by atoms with Gasteiger partial charge >= 0.3 is 5.97 Å². The summed E-state index contributed by atoms with van der Waals surface area (Å²) < 4.78 is 5.77. The summed E-state index contributed by atoms with van der Waals surface area (Å²) in [4.78, 5) is 35.9. The molecule has 0 bridgehead atoms. The zero-order chi connectivity index (χ0) is 30.1. The summed E-state index contributed by atoms with van der Waals surface area (Å²) >= 11 is 6.88. The Labute approximate surface area is 258 Å². The molecule has 2 aromatic heterocycles. The van der Waals surface area contributed by atoms with E-state index in [0.717, 1.165) is 72.3 Å². The number of hydrogen-bond acceptors (Lipinski definition) is 3. The van der Waals surface area contributed by atoms with Crippen LogP contribution in [0.4, 0.5) is 0 Å². The van der Waals surface area contributed by atoms with Gasteiger partial charge in [-0.25, -0.2) is 4.79 Å². The van der Waals surface area contributed by atoms with Crippen molar-refractivity contribution in [3.8, 4) is 0 Å². The first-order valence-electron chi connectivity index (χ1n) is 14.6. The van der Waals surface area contributed by atoms with Crippen LogP contribution >= 0.6 is 31.9 Å². The van der Waals surface area contributed by atoms with Crippen LogP contribution in [-0.2, 0) is 0 Å². The lowest BCUT2D eigenvalue weighted by Gasteiger charge is -2.23. The third kappa shape index (κ3) is 7.58. The molecule has 0 aliphatic carbocycles. The number of rotatable bonds is 11. The second-order valence-corrected chi connectivity index (χ2v) is 12.1. The predicted octanol–water partition coefficient (Wildman–Crippen LogP) is 9.51. The molecule has 0 aliphatic rings. The van der Waals surface area contributed by atoms with Crippen LogP contribution in [-0.4, -0.2) is 20.2 Å². The van der Waals surface area contributed by atoms with E-state index in [-0.39, 0.29) is 17.0 Å². The van der Waals surface area contributed by atoms with Gasteiger partial charge in [0.2, 0.25) is 5.43 Å². The van der Waals surface area contributed by atoms with Crippen molar-refractivity contribution < 1.29 is 9.90 Å². The molecule has 6 nitrogen and oxygen atoms in total. The van der Waals surface area contributed by atoms with E-state index in [4.69, 9.17) is 0 Å². The van der Waals surface area contributed by atoms with Gasteiger partial charge in [-0.05, 0) is 81.8 Å². The zero-order valence-electron chi connectivity index (χ0n) is 24.3. The minimum Gasteiger partial charge on any atom is -0.477 e. The highest BCUT2D eigenvalue weighted by molar-refractivity contribution is 9.11. The number of halogens is 2. The molecule has 4 aromatic rings. The maximum atomic E-state index is 12.5. The summed E-state index contributed by atoms with van der Waals surface area (Å²) in [5.74, 6) is -1.18. The van der Waals surface area contributed by atoms with Crippen LogP contribution in [0.1, 0.15) is 102 Å². The molecule has 2 aromatic carbocycles. The number of pyridine rings is 2. The standard InChI is InChI=1S/C17H20BrNO3.C16H20BrNO/c1-3-6-11(7-4-2)19-10-12(17(21)22)16(20)15-13(18)8-5-9-14(15)19;1-3-6-12(7-4-2)18-11-10-15(19)16-13(17)8-5-9-14(16)18/h5,8-11H,3-4,6-7H2,1-2H3,(H,21,22);5,8-12H,3-4,6-7H2,1-2H3. The second-order valence-electron chi connectivity index (χ2n) is 10.4. The quantitative estimate of drug-likeness (QED) is 0.170. The van der Waals surface area contributed by atoms with Gasteiger partial charge in [-0.3, -0.25) is 9.59 Å². The van der Waals surface area contributed by atoms with Crippen molar-refractivity contribution in [1.82, 2.24) is 9.13 Å². The van der Waals surface area contributed by atoms with Crippen LogP contribution in [0.25, 0.3) is 21.8 Å². The summed E-state index contributed by atoms with van der Waals surface area (Å²) in [6, 6.07) is 13.9. The number of aromatic carboxylic acids is 1. The summed E-state index contributed by atoms with van der Waals surface area (Å²) in [6.07, 6.45) is 12.0. The minimum atomic E-state index is -1.18. The highest BCUT2D eigenvalue weighted by Gasteiger charge is 2.20. The fraction of sp³-hybridized carbons (Fsp3) is 0.424. The van der Waals surface area contributed by atoms with Gasteiger partial charge in [0.05, 0.1) is 21.8 Å². The molecule has 0 amide bonds. The van der Waals surface area contributed by atoms with Crippen molar-refractivity contribution in [3.63, 3.8) is 0 Å². The maximum Gasteiger partial charge on any atom is 0.341 e. The van der Waals surface area contributed by atoms with E-state index < -0.39 is 11.4 Å². The number of carbonyl (C=O) groups is 1. The summed E-state index contributed by atoms with van der Waals surface area (Å²) in [6.45, 7) is 8.65. The topological polar surface area (TPSA) is 81.3 Å². The molecule has 0 saturated heterocycles. The molecule has 0 fully saturated rings. The third-order valence-corrected chi connectivity index (χ3v) is 8.74. The van der Waals surface area contributed by atoms with E-state index in [0.29, 0.717) is 15.9 Å². The van der Waals surface area contributed by atoms with E-state index in [1.807, 2.05) is 41.1 Å². The molecule has 0 aliphatic heterocycles. The maximum absolute atomic E-state index is 12.5. The largest absolute Gasteiger partial charge is 0.477 e. The first-order valence-corrected chi connectivity index (χ1v) is 16.1. The molecule has 41 heavy (non-hydrogen) atoms. The van der Waals surface area contributed by atoms with Crippen molar-refractivity contribution >= 4 is 59.6 Å². The number of carboxylic acids is 1. The highest BCUT2D eigenvalue weighted by Crippen LogP contribution is 2.29. The van der Waals surface area contributed by atoms with E-state index >= 15 is 0 Å². The van der Waals surface area contributed by atoms with Gasteiger partial charge in [-0.1, -0.05) is 65.5 Å². The van der Waals surface area contributed by atoms with Crippen LogP contribution in [0, 0.1) is 0 Å². The highest BCUT2D eigenvalue weighted by atomic mass is 79.9. The molecule has 0 atom stereocenters. The molecule has 1 N–H and O–H groups in total. The lowest BCUT2D eigenvalue weighted by Crippen LogP contribution is -2.21. The molecule has 0 saturated carbocycles. The Morgan fingerprint density at radius 3 is 1.68 bits per heavy atom. The van der Waals surface area contributed by atoms with E-state index in [9.17, 15) is 19.5 Å². The number of benzene rings is 2. The van der Waals surface area contributed by atoms with Gasteiger partial charge in [-0.15, -0.1) is 0 Å². The van der Waals surface area contributed by atoms with Crippen molar-refractivity contribution in [1.29, 1.82) is 0 Å². The number of fused-ring (bicyclic) bond motifs is 2. The van der Waals surface area contributed by atoms with Crippen LogP contribution in [0.3, 0.4) is 0 Å². The fourth-order valence-corrected chi connectivity index (χ4v) is 6.68. The van der Waals surface area contributed by atoms with Gasteiger partial charge in [0.1, 0.15) is 5.56 Å². The molecule has 8 heteroatoms. The number of hydrogen-bond donors (Lipinski definition) is 1. The van der Waals surface area contributed by atoms with Crippen molar-refractivity contribution in [3.05, 3.63) is 89.8 Å². The van der Waals surface area contributed by atoms with Crippen LogP contribution in [0.2, 0.25) is 0 Å². The lowest BCUT2D eigenvalue weighted by atomic mass is 10.0. The van der Waals surface area contributed by atoms with Gasteiger partial charge in [-0.2, -0.15) is 0 Å². The van der Waals surface area contributed by atoms with Gasteiger partial charge in [0.25, 0.3) is 0 Å². The number of nitrogens with zero attached hydrogens (tertiary/aromatic N) is 2. The number of carboxylic acid groups (broad SMARTS) is 1. The SMILES string of the molecule is CCCC(CCC)n1cc(C(=O)O)c(=O)c2c(Br)cccc21.CCCC(CCC)n1ccc(=O)c2c(Br)cccc21. The lowest BCUT2D eigenvalue weighted by molar-refractivity contribution is 0.0694. The fourth-order valence-electron chi connectivity index (χ4n) is 5.59. The Morgan fingerprint density at radius 1 is 0.732 bits per heavy atom. The molecular formula is C33H40Br2N2O4. The smallest absolute Gasteiger partial charge is 0.341 e. The predicted molar refractivity (Wildman–Crippen MR) is 176 cm³/mol. The summed E-state index contributed by atoms with van der Waals surface area (Å²) in [7, 11) is 0. The Kier molecular flexibility index (Phi) is 12.4. The first kappa shape index (κ1) is 32.8. The summed E-state index contributed by atoms with van der Waals surface area (Å²) in [5, 5.41) is 10.6. The molecule has 0 spiro atoms. The second kappa shape index (κ2) is 15.5. The Bertz CT molecular complexity index is 1600. The van der Waals surface area contributed by atoms with E-state index in [1.54, 1.807) is 12.1 Å². The average molecular weight is 689 g/mol. The van der Waals surface area contributed by atoms with Crippen molar-refractivity contribution in [2.45, 2.75) is 91.1 Å². The van der Waals surface area contributed by atoms with E-state index in [1.165, 1.54) is 6.20 Å². The molecule has 220 valence electrons. The monoisotopic (exact) mass is 686 g/mol. The van der Waals surface area contributed by atoms with E-state index in [2.05, 4.69) is 64.1 Å². The molecule has 2 heterocycles. The third-order valence-electron chi connectivity index (χ3n) is 7.42. The average Bonchev–Trinajstić information content (AvgIpc) is 2.94. The minimum absolute atomic E-state index is 0.0884. The number of aromatic nitrogens is 2. The van der Waals surface area contributed by atoms with Gasteiger partial charge in [0.15, 0.2) is 5.43 Å². The van der Waals surface area contributed by atoms with Crippen molar-refractivity contribution in [2.24, 2.45) is 0 Å².